The molecule has 2 aromatic carbocycles. The lowest BCUT2D eigenvalue weighted by molar-refractivity contribution is 0.0949. The van der Waals surface area contributed by atoms with Crippen molar-refractivity contribution < 1.29 is 4.79 Å². The molecule has 1 amide bonds. The molecule has 30 heavy (non-hydrogen) atoms. The quantitative estimate of drug-likeness (QED) is 0.541. The fourth-order valence-corrected chi connectivity index (χ4v) is 4.03. The predicted octanol–water partition coefficient (Wildman–Crippen LogP) is 3.49. The number of nitrogens with zero attached hydrogens (tertiary/aromatic N) is 3. The Morgan fingerprint density at radius 1 is 1.03 bits per heavy atom. The number of aromatic nitrogens is 3. The summed E-state index contributed by atoms with van der Waals surface area (Å²) in [7, 11) is 0. The second kappa shape index (κ2) is 7.99. The summed E-state index contributed by atoms with van der Waals surface area (Å²) >= 11 is 0. The molecule has 5 rings (SSSR count). The smallest absolute Gasteiger partial charge is 0.271 e. The van der Waals surface area contributed by atoms with E-state index in [2.05, 4.69) is 61.6 Å². The molecule has 1 aliphatic heterocycles. The highest BCUT2D eigenvalue weighted by molar-refractivity contribution is 5.92. The van der Waals surface area contributed by atoms with Gasteiger partial charge in [0.15, 0.2) is 0 Å². The van der Waals surface area contributed by atoms with Crippen molar-refractivity contribution in [3.05, 3.63) is 89.5 Å². The monoisotopic (exact) mass is 397 g/mol. The highest BCUT2D eigenvalue weighted by Crippen LogP contribution is 2.22. The van der Waals surface area contributed by atoms with Gasteiger partial charge in [0.05, 0.1) is 12.4 Å². The molecule has 2 aromatic heterocycles. The van der Waals surface area contributed by atoms with Crippen LogP contribution < -0.4 is 10.2 Å². The second-order valence-corrected chi connectivity index (χ2v) is 7.57. The molecular weight excluding hydrogens is 374 g/mol. The number of rotatable bonds is 5. The van der Waals surface area contributed by atoms with Crippen LogP contribution in [0.4, 0.5) is 5.82 Å². The summed E-state index contributed by atoms with van der Waals surface area (Å²) in [5.41, 5.74) is 5.37. The van der Waals surface area contributed by atoms with Crippen molar-refractivity contribution >= 4 is 22.6 Å². The molecule has 3 heterocycles. The van der Waals surface area contributed by atoms with Gasteiger partial charge >= 0.3 is 0 Å². The molecular formula is C24H23N5O. The topological polar surface area (TPSA) is 73.9 Å². The molecule has 4 aromatic rings. The predicted molar refractivity (Wildman–Crippen MR) is 118 cm³/mol. The Balaban J connectivity index is 1.19. The average Bonchev–Trinajstić information content (AvgIpc) is 3.22. The Bertz CT molecular complexity index is 1180. The first-order valence-corrected chi connectivity index (χ1v) is 10.2. The van der Waals surface area contributed by atoms with Gasteiger partial charge in [-0.3, -0.25) is 4.79 Å². The number of benzene rings is 2. The summed E-state index contributed by atoms with van der Waals surface area (Å²) in [5.74, 6) is 0.609. The number of fused-ring (bicyclic) bond motifs is 2. The normalized spacial score (nSPS) is 13.3. The summed E-state index contributed by atoms with van der Waals surface area (Å²) in [5, 5.41) is 4.14. The Hall–Kier alpha value is -3.67. The zero-order chi connectivity index (χ0) is 20.3. The number of aromatic amines is 1. The van der Waals surface area contributed by atoms with E-state index in [1.165, 1.54) is 22.1 Å². The van der Waals surface area contributed by atoms with Crippen molar-refractivity contribution in [3.63, 3.8) is 0 Å². The first-order valence-electron chi connectivity index (χ1n) is 10.2. The van der Waals surface area contributed by atoms with Crippen molar-refractivity contribution in [2.75, 3.05) is 18.0 Å². The molecule has 0 atom stereocenters. The minimum absolute atomic E-state index is 0.196. The van der Waals surface area contributed by atoms with Crippen LogP contribution in [0.5, 0.6) is 0 Å². The fourth-order valence-electron chi connectivity index (χ4n) is 4.03. The van der Waals surface area contributed by atoms with Crippen molar-refractivity contribution in [1.82, 2.24) is 20.3 Å². The summed E-state index contributed by atoms with van der Waals surface area (Å²) < 4.78 is 0. The van der Waals surface area contributed by atoms with Gasteiger partial charge in [0.1, 0.15) is 11.5 Å². The largest absolute Gasteiger partial charge is 0.361 e. The van der Waals surface area contributed by atoms with Gasteiger partial charge in [0.25, 0.3) is 5.91 Å². The minimum atomic E-state index is -0.196. The van der Waals surface area contributed by atoms with Crippen LogP contribution in [0.1, 0.15) is 27.2 Å². The van der Waals surface area contributed by atoms with Crippen molar-refractivity contribution in [1.29, 1.82) is 0 Å². The number of carbonyl (C=O) groups excluding carboxylic acids is 1. The van der Waals surface area contributed by atoms with E-state index in [1.807, 2.05) is 18.3 Å². The molecule has 0 bridgehead atoms. The van der Waals surface area contributed by atoms with Crippen LogP contribution in [-0.4, -0.2) is 33.9 Å². The Morgan fingerprint density at radius 3 is 2.73 bits per heavy atom. The van der Waals surface area contributed by atoms with E-state index in [0.29, 0.717) is 12.2 Å². The zero-order valence-corrected chi connectivity index (χ0v) is 16.6. The van der Waals surface area contributed by atoms with Gasteiger partial charge in [-0.05, 0) is 35.6 Å². The lowest BCUT2D eigenvalue weighted by Crippen LogP contribution is -2.31. The molecule has 0 unspecified atom stereocenters. The summed E-state index contributed by atoms with van der Waals surface area (Å²) in [4.78, 5) is 26.8. The van der Waals surface area contributed by atoms with Crippen LogP contribution >= 0.6 is 0 Å². The third-order valence-electron chi connectivity index (χ3n) is 5.68. The van der Waals surface area contributed by atoms with Crippen molar-refractivity contribution in [2.45, 2.75) is 19.4 Å². The summed E-state index contributed by atoms with van der Waals surface area (Å²) in [6.45, 7) is 2.27. The molecule has 6 heteroatoms. The second-order valence-electron chi connectivity index (χ2n) is 7.57. The van der Waals surface area contributed by atoms with E-state index in [4.69, 9.17) is 0 Å². The van der Waals surface area contributed by atoms with E-state index < -0.39 is 0 Å². The molecule has 0 aliphatic carbocycles. The zero-order valence-electron chi connectivity index (χ0n) is 16.6. The first kappa shape index (κ1) is 18.4. The SMILES string of the molecule is O=C(NCCc1c[nH]c2ccccc12)c1cnc(N2CCc3ccccc3C2)cn1. The molecule has 0 radical (unpaired) electrons. The molecule has 0 saturated carbocycles. The van der Waals surface area contributed by atoms with Gasteiger partial charge in [-0.1, -0.05) is 42.5 Å². The Kier molecular flexibility index (Phi) is 4.89. The van der Waals surface area contributed by atoms with Gasteiger partial charge in [-0.25, -0.2) is 9.97 Å². The first-order chi connectivity index (χ1) is 14.8. The van der Waals surface area contributed by atoms with E-state index in [1.54, 1.807) is 12.4 Å². The number of H-pyrrole nitrogens is 1. The summed E-state index contributed by atoms with van der Waals surface area (Å²) in [6, 6.07) is 16.7. The average molecular weight is 397 g/mol. The Labute approximate surface area is 175 Å². The minimum Gasteiger partial charge on any atom is -0.361 e. The van der Waals surface area contributed by atoms with Crippen LogP contribution in [0.3, 0.4) is 0 Å². The molecule has 0 fully saturated rings. The van der Waals surface area contributed by atoms with Crippen molar-refractivity contribution in [3.8, 4) is 0 Å². The number of amides is 1. The van der Waals surface area contributed by atoms with Crippen molar-refractivity contribution in [2.24, 2.45) is 0 Å². The van der Waals surface area contributed by atoms with E-state index >= 15 is 0 Å². The third-order valence-corrected chi connectivity index (χ3v) is 5.68. The molecule has 0 saturated heterocycles. The van der Waals surface area contributed by atoms with E-state index in [0.717, 1.165) is 37.3 Å². The van der Waals surface area contributed by atoms with Crippen LogP contribution in [0.25, 0.3) is 10.9 Å². The van der Waals surface area contributed by atoms with Gasteiger partial charge in [0.2, 0.25) is 0 Å². The maximum absolute atomic E-state index is 12.5. The van der Waals surface area contributed by atoms with Gasteiger partial charge in [-0.2, -0.15) is 0 Å². The third kappa shape index (κ3) is 3.64. The number of hydrogen-bond donors (Lipinski definition) is 2. The number of para-hydroxylation sites is 1. The van der Waals surface area contributed by atoms with Crippen LogP contribution in [0.2, 0.25) is 0 Å². The molecule has 150 valence electrons. The summed E-state index contributed by atoms with van der Waals surface area (Å²) in [6.07, 6.45) is 7.02. The molecule has 6 nitrogen and oxygen atoms in total. The van der Waals surface area contributed by atoms with Gasteiger partial charge < -0.3 is 15.2 Å². The Morgan fingerprint density at radius 2 is 1.87 bits per heavy atom. The highest BCUT2D eigenvalue weighted by Gasteiger charge is 2.18. The lowest BCUT2D eigenvalue weighted by Gasteiger charge is -2.29. The van der Waals surface area contributed by atoms with E-state index in [9.17, 15) is 4.79 Å². The van der Waals surface area contributed by atoms with Crippen LogP contribution in [-0.2, 0) is 19.4 Å². The standard InChI is InChI=1S/C24H23N5O/c30-24(25-11-9-18-13-26-21-8-4-3-7-20(18)21)22-14-28-23(15-27-22)29-12-10-17-5-1-2-6-19(17)16-29/h1-8,13-15,26H,9-12,16H2,(H,25,30). The highest BCUT2D eigenvalue weighted by atomic mass is 16.1. The maximum Gasteiger partial charge on any atom is 0.271 e. The van der Waals surface area contributed by atoms with E-state index in [-0.39, 0.29) is 5.91 Å². The molecule has 2 N–H and O–H groups in total. The number of hydrogen-bond acceptors (Lipinski definition) is 4. The van der Waals surface area contributed by atoms with Crippen LogP contribution in [0.15, 0.2) is 67.1 Å². The molecule has 1 aliphatic rings. The van der Waals surface area contributed by atoms with Gasteiger partial charge in [0, 0.05) is 36.7 Å². The number of nitrogens with one attached hydrogen (secondary N) is 2. The molecule has 0 spiro atoms. The fraction of sp³-hybridized carbons (Fsp3) is 0.208. The van der Waals surface area contributed by atoms with Crippen LogP contribution in [0, 0.1) is 0 Å². The number of anilines is 1. The maximum atomic E-state index is 12.5. The lowest BCUT2D eigenvalue weighted by atomic mass is 10.0. The van der Waals surface area contributed by atoms with Gasteiger partial charge in [-0.15, -0.1) is 0 Å². The number of carbonyl (C=O) groups is 1.